The van der Waals surface area contributed by atoms with Crippen LogP contribution in [0.3, 0.4) is 0 Å². The quantitative estimate of drug-likeness (QED) is 0.854. The highest BCUT2D eigenvalue weighted by molar-refractivity contribution is 5.75. The van der Waals surface area contributed by atoms with Gasteiger partial charge in [0, 0.05) is 6.42 Å². The summed E-state index contributed by atoms with van der Waals surface area (Å²) in [5.41, 5.74) is 7.63. The predicted octanol–water partition coefficient (Wildman–Crippen LogP) is 1.81. The number of nitrogens with two attached hydrogens (primary N) is 1. The molecule has 102 valence electrons. The summed E-state index contributed by atoms with van der Waals surface area (Å²) in [4.78, 5) is 11.2. The molecule has 19 heavy (non-hydrogen) atoms. The van der Waals surface area contributed by atoms with Crippen LogP contribution in [0.25, 0.3) is 0 Å². The third-order valence-corrected chi connectivity index (χ3v) is 4.67. The van der Waals surface area contributed by atoms with E-state index in [0.29, 0.717) is 6.42 Å². The molecule has 1 saturated heterocycles. The van der Waals surface area contributed by atoms with Gasteiger partial charge in [0.1, 0.15) is 5.82 Å². The van der Waals surface area contributed by atoms with Gasteiger partial charge in [0.05, 0.1) is 0 Å². The van der Waals surface area contributed by atoms with Gasteiger partial charge in [-0.05, 0) is 66.9 Å². The van der Waals surface area contributed by atoms with Crippen LogP contribution in [0.2, 0.25) is 0 Å². The summed E-state index contributed by atoms with van der Waals surface area (Å²) in [6.07, 6.45) is 3.32. The number of hydrogen-bond acceptors (Lipinski definition) is 2. The minimum Gasteiger partial charge on any atom is -0.370 e. The topological polar surface area (TPSA) is 55.1 Å². The number of benzene rings is 1. The number of halogens is 1. The summed E-state index contributed by atoms with van der Waals surface area (Å²) in [6, 6.07) is 5.00. The Labute approximate surface area is 112 Å². The fourth-order valence-electron chi connectivity index (χ4n) is 3.84. The molecule has 1 amide bonds. The van der Waals surface area contributed by atoms with E-state index < -0.39 is 0 Å². The van der Waals surface area contributed by atoms with Gasteiger partial charge < -0.3 is 11.1 Å². The number of carbonyl (C=O) groups excluding carboxylic acids is 1. The number of primary amides is 1. The first-order chi connectivity index (χ1) is 9.11. The lowest BCUT2D eigenvalue weighted by atomic mass is 9.73. The fourth-order valence-corrected chi connectivity index (χ4v) is 3.84. The van der Waals surface area contributed by atoms with E-state index in [-0.39, 0.29) is 23.1 Å². The number of piperidine rings is 1. The second-order valence-corrected chi connectivity index (χ2v) is 5.83. The molecule has 1 heterocycles. The van der Waals surface area contributed by atoms with E-state index in [9.17, 15) is 9.18 Å². The van der Waals surface area contributed by atoms with Crippen LogP contribution in [-0.2, 0) is 10.2 Å². The Morgan fingerprint density at radius 1 is 1.42 bits per heavy atom. The van der Waals surface area contributed by atoms with Crippen molar-refractivity contribution in [1.29, 1.82) is 0 Å². The first kappa shape index (κ1) is 12.6. The molecule has 0 aromatic heterocycles. The van der Waals surface area contributed by atoms with Gasteiger partial charge in [-0.25, -0.2) is 4.39 Å². The van der Waals surface area contributed by atoms with Crippen molar-refractivity contribution < 1.29 is 9.18 Å². The Kier molecular flexibility index (Phi) is 3.05. The van der Waals surface area contributed by atoms with Crippen molar-refractivity contribution in [3.63, 3.8) is 0 Å². The first-order valence-electron chi connectivity index (χ1n) is 6.90. The highest BCUT2D eigenvalue weighted by Gasteiger charge is 2.44. The van der Waals surface area contributed by atoms with Gasteiger partial charge in [-0.3, -0.25) is 4.79 Å². The van der Waals surface area contributed by atoms with Crippen LogP contribution < -0.4 is 11.1 Å². The summed E-state index contributed by atoms with van der Waals surface area (Å²) in [7, 11) is 0. The minimum atomic E-state index is -0.272. The molecular formula is C15H19FN2O. The average Bonchev–Trinajstić information content (AvgIpc) is 2.64. The standard InChI is InChI=1S/C15H19FN2O/c16-11-1-2-12-10(7-14(17)19)9-15(13(12)8-11)3-5-18-6-4-15/h1-2,8,10,18H,3-7,9H2,(H2,17,19). The van der Waals surface area contributed by atoms with Gasteiger partial charge in [0.25, 0.3) is 0 Å². The third-order valence-electron chi connectivity index (χ3n) is 4.67. The van der Waals surface area contributed by atoms with Crippen LogP contribution in [0.5, 0.6) is 0 Å². The van der Waals surface area contributed by atoms with Gasteiger partial charge in [-0.1, -0.05) is 6.07 Å². The van der Waals surface area contributed by atoms with Gasteiger partial charge in [-0.2, -0.15) is 0 Å². The molecule has 1 aliphatic heterocycles. The highest BCUT2D eigenvalue weighted by atomic mass is 19.1. The smallest absolute Gasteiger partial charge is 0.218 e. The van der Waals surface area contributed by atoms with Crippen LogP contribution in [-0.4, -0.2) is 19.0 Å². The maximum atomic E-state index is 13.6. The minimum absolute atomic E-state index is 0.0444. The molecular weight excluding hydrogens is 243 g/mol. The van der Waals surface area contributed by atoms with E-state index in [1.807, 2.05) is 6.07 Å². The number of amides is 1. The highest BCUT2D eigenvalue weighted by Crippen LogP contribution is 2.52. The second kappa shape index (κ2) is 4.60. The molecule has 0 saturated carbocycles. The maximum Gasteiger partial charge on any atom is 0.218 e. The zero-order chi connectivity index (χ0) is 13.5. The summed E-state index contributed by atoms with van der Waals surface area (Å²) in [5, 5.41) is 3.35. The Morgan fingerprint density at radius 2 is 2.16 bits per heavy atom. The van der Waals surface area contributed by atoms with Crippen molar-refractivity contribution in [2.24, 2.45) is 5.73 Å². The largest absolute Gasteiger partial charge is 0.370 e. The zero-order valence-corrected chi connectivity index (χ0v) is 10.9. The molecule has 3 rings (SSSR count). The molecule has 0 bridgehead atoms. The van der Waals surface area contributed by atoms with E-state index in [2.05, 4.69) is 5.32 Å². The van der Waals surface area contributed by atoms with Crippen molar-refractivity contribution in [1.82, 2.24) is 5.32 Å². The number of nitrogens with one attached hydrogen (secondary N) is 1. The van der Waals surface area contributed by atoms with E-state index in [1.54, 1.807) is 6.07 Å². The zero-order valence-electron chi connectivity index (χ0n) is 10.9. The molecule has 1 fully saturated rings. The molecule has 0 radical (unpaired) electrons. The second-order valence-electron chi connectivity index (χ2n) is 5.83. The van der Waals surface area contributed by atoms with Crippen LogP contribution >= 0.6 is 0 Å². The molecule has 3 nitrogen and oxygen atoms in total. The van der Waals surface area contributed by atoms with Crippen LogP contribution in [0.1, 0.15) is 42.7 Å². The van der Waals surface area contributed by atoms with Crippen LogP contribution in [0, 0.1) is 5.82 Å². The summed E-state index contributed by atoms with van der Waals surface area (Å²) in [5.74, 6) is -0.297. The normalized spacial score (nSPS) is 24.4. The molecule has 4 heteroatoms. The van der Waals surface area contributed by atoms with Gasteiger partial charge in [0.2, 0.25) is 5.91 Å². The van der Waals surface area contributed by atoms with Crippen molar-refractivity contribution in [2.45, 2.75) is 37.0 Å². The molecule has 1 atom stereocenters. The Balaban J connectivity index is 2.02. The van der Waals surface area contributed by atoms with Gasteiger partial charge in [-0.15, -0.1) is 0 Å². The Bertz CT molecular complexity index is 509. The molecule has 1 aromatic carbocycles. The average molecular weight is 262 g/mol. The van der Waals surface area contributed by atoms with Crippen LogP contribution in [0.4, 0.5) is 4.39 Å². The van der Waals surface area contributed by atoms with Gasteiger partial charge >= 0.3 is 0 Å². The van der Waals surface area contributed by atoms with Crippen LogP contribution in [0.15, 0.2) is 18.2 Å². The number of rotatable bonds is 2. The molecule has 1 unspecified atom stereocenters. The predicted molar refractivity (Wildman–Crippen MR) is 71.4 cm³/mol. The Morgan fingerprint density at radius 3 is 2.84 bits per heavy atom. The van der Waals surface area contributed by atoms with Crippen molar-refractivity contribution in [3.05, 3.63) is 35.1 Å². The lowest BCUT2D eigenvalue weighted by Gasteiger charge is -2.35. The summed E-state index contributed by atoms with van der Waals surface area (Å²) < 4.78 is 13.6. The summed E-state index contributed by atoms with van der Waals surface area (Å²) >= 11 is 0. The summed E-state index contributed by atoms with van der Waals surface area (Å²) in [6.45, 7) is 1.92. The van der Waals surface area contributed by atoms with Crippen molar-refractivity contribution in [3.8, 4) is 0 Å². The molecule has 1 aromatic rings. The van der Waals surface area contributed by atoms with Crippen molar-refractivity contribution in [2.75, 3.05) is 13.1 Å². The van der Waals surface area contributed by atoms with E-state index >= 15 is 0 Å². The van der Waals surface area contributed by atoms with E-state index in [1.165, 1.54) is 6.07 Å². The maximum absolute atomic E-state index is 13.6. The van der Waals surface area contributed by atoms with Gasteiger partial charge in [0.15, 0.2) is 0 Å². The molecule has 1 aliphatic carbocycles. The van der Waals surface area contributed by atoms with E-state index in [4.69, 9.17) is 5.73 Å². The monoisotopic (exact) mass is 262 g/mol. The lowest BCUT2D eigenvalue weighted by molar-refractivity contribution is -0.118. The lowest BCUT2D eigenvalue weighted by Crippen LogP contribution is -2.38. The molecule has 3 N–H and O–H groups in total. The van der Waals surface area contributed by atoms with Crippen molar-refractivity contribution >= 4 is 5.91 Å². The SMILES string of the molecule is NC(=O)CC1CC2(CCNCC2)c2cc(F)ccc21. The fraction of sp³-hybridized carbons (Fsp3) is 0.533. The third kappa shape index (κ3) is 2.14. The molecule has 1 spiro atoms. The number of carbonyl (C=O) groups is 1. The first-order valence-corrected chi connectivity index (χ1v) is 6.90. The Hall–Kier alpha value is -1.42. The number of fused-ring (bicyclic) bond motifs is 2. The van der Waals surface area contributed by atoms with E-state index in [0.717, 1.165) is 43.5 Å². The molecule has 2 aliphatic rings. The number of hydrogen-bond donors (Lipinski definition) is 2.